The number of rotatable bonds is 14. The molecule has 0 fully saturated rings. The standard InChI is InChI=1S/C24H45N5O3/c1-8-10-11-13-27(19(7)12-9-2)16-20(30)28(14-17(3)4)21-22(25)29(15-18(5)6)24(32)26-23(21)31/h17-19H,8-16,25H2,1-7H3,(H,26,31,32)/t19-/m1/s1. The molecule has 0 aliphatic carbocycles. The van der Waals surface area contributed by atoms with Gasteiger partial charge in [0.25, 0.3) is 5.56 Å². The van der Waals surface area contributed by atoms with E-state index < -0.39 is 11.2 Å². The summed E-state index contributed by atoms with van der Waals surface area (Å²) in [6.07, 6.45) is 5.32. The van der Waals surface area contributed by atoms with Crippen molar-refractivity contribution in [2.75, 3.05) is 30.3 Å². The van der Waals surface area contributed by atoms with Crippen LogP contribution in [0.5, 0.6) is 0 Å². The number of nitrogen functional groups attached to an aromatic ring is 1. The molecule has 0 bridgehead atoms. The number of hydrogen-bond donors (Lipinski definition) is 2. The summed E-state index contributed by atoms with van der Waals surface area (Å²) in [6, 6.07) is 0.271. The van der Waals surface area contributed by atoms with Crippen molar-refractivity contribution in [3.05, 3.63) is 20.8 Å². The van der Waals surface area contributed by atoms with Crippen molar-refractivity contribution < 1.29 is 4.79 Å². The Morgan fingerprint density at radius 2 is 1.69 bits per heavy atom. The van der Waals surface area contributed by atoms with Gasteiger partial charge in [0.15, 0.2) is 5.69 Å². The van der Waals surface area contributed by atoms with E-state index in [2.05, 4.69) is 30.7 Å². The molecule has 32 heavy (non-hydrogen) atoms. The number of aromatic nitrogens is 2. The molecule has 0 saturated heterocycles. The maximum absolute atomic E-state index is 13.5. The van der Waals surface area contributed by atoms with Crippen molar-refractivity contribution in [3.8, 4) is 0 Å². The number of carbonyl (C=O) groups excluding carboxylic acids is 1. The average molecular weight is 452 g/mol. The molecular formula is C24H45N5O3. The monoisotopic (exact) mass is 451 g/mol. The molecule has 1 aromatic heterocycles. The van der Waals surface area contributed by atoms with E-state index in [0.717, 1.165) is 38.6 Å². The lowest BCUT2D eigenvalue weighted by Crippen LogP contribution is -2.48. The minimum Gasteiger partial charge on any atom is -0.383 e. The van der Waals surface area contributed by atoms with Crippen LogP contribution in [0.25, 0.3) is 0 Å². The smallest absolute Gasteiger partial charge is 0.330 e. The first kappa shape index (κ1) is 27.9. The van der Waals surface area contributed by atoms with Crippen molar-refractivity contribution in [2.45, 2.75) is 93.2 Å². The number of hydrogen-bond acceptors (Lipinski definition) is 5. The number of H-pyrrole nitrogens is 1. The Balaban J connectivity index is 3.36. The summed E-state index contributed by atoms with van der Waals surface area (Å²) in [6.45, 7) is 16.2. The van der Waals surface area contributed by atoms with E-state index in [-0.39, 0.29) is 41.8 Å². The number of nitrogens with zero attached hydrogens (tertiary/aromatic N) is 3. The third-order valence-corrected chi connectivity index (χ3v) is 5.60. The quantitative estimate of drug-likeness (QED) is 0.422. The predicted octanol–water partition coefficient (Wildman–Crippen LogP) is 3.44. The number of carbonyl (C=O) groups is 1. The number of amides is 1. The Hall–Kier alpha value is -2.09. The molecule has 8 nitrogen and oxygen atoms in total. The SMILES string of the molecule is CCCCCN(CC(=O)N(CC(C)C)c1c(N)n(CC(C)C)c(=O)[nH]c1=O)[C@H](C)CCC. The molecule has 1 amide bonds. The summed E-state index contributed by atoms with van der Waals surface area (Å²) in [4.78, 5) is 44.8. The number of nitrogens with two attached hydrogens (primary N) is 1. The first-order valence-corrected chi connectivity index (χ1v) is 12.2. The van der Waals surface area contributed by atoms with Crippen molar-refractivity contribution in [3.63, 3.8) is 0 Å². The summed E-state index contributed by atoms with van der Waals surface area (Å²) in [5.41, 5.74) is 5.25. The predicted molar refractivity (Wildman–Crippen MR) is 133 cm³/mol. The molecule has 0 unspecified atom stereocenters. The zero-order valence-electron chi connectivity index (χ0n) is 21.2. The lowest BCUT2D eigenvalue weighted by molar-refractivity contribution is -0.120. The van der Waals surface area contributed by atoms with E-state index in [1.54, 1.807) is 0 Å². The molecule has 0 spiro atoms. The molecule has 0 aliphatic rings. The minimum absolute atomic E-state index is 0.0561. The van der Waals surface area contributed by atoms with Crippen LogP contribution in [0.15, 0.2) is 9.59 Å². The van der Waals surface area contributed by atoms with Crippen LogP contribution >= 0.6 is 0 Å². The number of nitrogens with one attached hydrogen (secondary N) is 1. The van der Waals surface area contributed by atoms with Crippen molar-refractivity contribution >= 4 is 17.4 Å². The summed E-state index contributed by atoms with van der Waals surface area (Å²) in [5.74, 6) is 0.183. The molecule has 0 radical (unpaired) electrons. The van der Waals surface area contributed by atoms with Gasteiger partial charge in [-0.05, 0) is 38.1 Å². The third-order valence-electron chi connectivity index (χ3n) is 5.60. The van der Waals surface area contributed by atoms with E-state index in [9.17, 15) is 14.4 Å². The highest BCUT2D eigenvalue weighted by Crippen LogP contribution is 2.20. The van der Waals surface area contributed by atoms with Gasteiger partial charge in [-0.25, -0.2) is 4.79 Å². The van der Waals surface area contributed by atoms with Crippen molar-refractivity contribution in [1.82, 2.24) is 14.5 Å². The average Bonchev–Trinajstić information content (AvgIpc) is 2.69. The van der Waals surface area contributed by atoms with Crippen LogP contribution in [0.2, 0.25) is 0 Å². The minimum atomic E-state index is -0.611. The Kier molecular flexibility index (Phi) is 11.8. The van der Waals surface area contributed by atoms with E-state index in [4.69, 9.17) is 5.73 Å². The molecule has 0 aromatic carbocycles. The summed E-state index contributed by atoms with van der Waals surface area (Å²) < 4.78 is 1.36. The lowest BCUT2D eigenvalue weighted by atomic mass is 10.1. The molecular weight excluding hydrogens is 406 g/mol. The summed E-state index contributed by atoms with van der Waals surface area (Å²) in [7, 11) is 0. The number of anilines is 2. The highest BCUT2D eigenvalue weighted by molar-refractivity contribution is 5.96. The van der Waals surface area contributed by atoms with E-state index in [1.165, 1.54) is 9.47 Å². The van der Waals surface area contributed by atoms with E-state index in [1.807, 2.05) is 27.7 Å². The fourth-order valence-electron chi connectivity index (χ4n) is 3.95. The summed E-state index contributed by atoms with van der Waals surface area (Å²) in [5, 5.41) is 0. The Labute approximate surface area is 193 Å². The van der Waals surface area contributed by atoms with Crippen LogP contribution in [-0.4, -0.2) is 46.0 Å². The zero-order valence-corrected chi connectivity index (χ0v) is 21.2. The van der Waals surface area contributed by atoms with Crippen LogP contribution in [0, 0.1) is 11.8 Å². The second-order valence-corrected chi connectivity index (χ2v) is 9.71. The van der Waals surface area contributed by atoms with Gasteiger partial charge in [-0.3, -0.25) is 24.0 Å². The van der Waals surface area contributed by atoms with Crippen LogP contribution in [0.3, 0.4) is 0 Å². The van der Waals surface area contributed by atoms with Gasteiger partial charge in [0.1, 0.15) is 5.82 Å². The van der Waals surface area contributed by atoms with Gasteiger partial charge in [-0.15, -0.1) is 0 Å². The third kappa shape index (κ3) is 8.11. The number of aromatic amines is 1. The van der Waals surface area contributed by atoms with Crippen molar-refractivity contribution in [1.29, 1.82) is 0 Å². The summed E-state index contributed by atoms with van der Waals surface area (Å²) >= 11 is 0. The van der Waals surface area contributed by atoms with Crippen LogP contribution in [0.1, 0.15) is 80.6 Å². The molecule has 0 saturated carbocycles. The Bertz CT molecular complexity index is 828. The van der Waals surface area contributed by atoms with E-state index >= 15 is 0 Å². The van der Waals surface area contributed by atoms with Crippen LogP contribution in [-0.2, 0) is 11.3 Å². The zero-order chi connectivity index (χ0) is 24.4. The second kappa shape index (κ2) is 13.5. The maximum Gasteiger partial charge on any atom is 0.330 e. The van der Waals surface area contributed by atoms with Gasteiger partial charge in [0, 0.05) is 19.1 Å². The lowest BCUT2D eigenvalue weighted by Gasteiger charge is -2.32. The highest BCUT2D eigenvalue weighted by atomic mass is 16.2. The molecule has 1 rings (SSSR count). The first-order chi connectivity index (χ1) is 15.0. The molecule has 8 heteroatoms. The van der Waals surface area contributed by atoms with Gasteiger partial charge < -0.3 is 10.6 Å². The topological polar surface area (TPSA) is 104 Å². The molecule has 3 N–H and O–H groups in total. The number of unbranched alkanes of at least 4 members (excludes halogenated alkanes) is 2. The molecule has 1 atom stereocenters. The van der Waals surface area contributed by atoms with Gasteiger partial charge in [0.2, 0.25) is 5.91 Å². The first-order valence-electron chi connectivity index (χ1n) is 12.2. The van der Waals surface area contributed by atoms with Crippen LogP contribution < -0.4 is 21.9 Å². The maximum atomic E-state index is 13.5. The Morgan fingerprint density at radius 1 is 1.03 bits per heavy atom. The fraction of sp³-hybridized carbons (Fsp3) is 0.792. The molecule has 184 valence electrons. The highest BCUT2D eigenvalue weighted by Gasteiger charge is 2.27. The Morgan fingerprint density at radius 3 is 2.22 bits per heavy atom. The molecule has 1 aromatic rings. The van der Waals surface area contributed by atoms with Gasteiger partial charge >= 0.3 is 5.69 Å². The van der Waals surface area contributed by atoms with E-state index in [0.29, 0.717) is 13.1 Å². The molecule has 0 aliphatic heterocycles. The second-order valence-electron chi connectivity index (χ2n) is 9.71. The van der Waals surface area contributed by atoms with Gasteiger partial charge in [0.05, 0.1) is 6.54 Å². The van der Waals surface area contributed by atoms with Gasteiger partial charge in [-0.2, -0.15) is 0 Å². The normalized spacial score (nSPS) is 12.7. The largest absolute Gasteiger partial charge is 0.383 e. The molecule has 1 heterocycles. The van der Waals surface area contributed by atoms with Gasteiger partial charge in [-0.1, -0.05) is 60.8 Å². The van der Waals surface area contributed by atoms with Crippen molar-refractivity contribution in [2.24, 2.45) is 11.8 Å². The van der Waals surface area contributed by atoms with Crippen LogP contribution in [0.4, 0.5) is 11.5 Å². The fourth-order valence-corrected chi connectivity index (χ4v) is 3.95.